The number of ether oxygens (including phenoxy) is 1. The maximum Gasteiger partial charge on any atom is 0.416 e. The molecule has 0 spiro atoms. The van der Waals surface area contributed by atoms with Crippen molar-refractivity contribution >= 4 is 41.3 Å². The van der Waals surface area contributed by atoms with Crippen molar-refractivity contribution in [3.05, 3.63) is 46.2 Å². The molecule has 0 bridgehead atoms. The van der Waals surface area contributed by atoms with Gasteiger partial charge in [-0.25, -0.2) is 23.9 Å². The number of amides is 3. The highest BCUT2D eigenvalue weighted by atomic mass is 35.5. The molecular weight excluding hydrogens is 421 g/mol. The number of cyclic esters (lactones) is 1. The molecule has 156 valence electrons. The third-order valence-electron chi connectivity index (χ3n) is 4.76. The van der Waals surface area contributed by atoms with E-state index >= 15 is 0 Å². The van der Waals surface area contributed by atoms with E-state index < -0.39 is 30.8 Å². The van der Waals surface area contributed by atoms with Crippen LogP contribution in [0.4, 0.5) is 25.6 Å². The van der Waals surface area contributed by atoms with Gasteiger partial charge < -0.3 is 15.2 Å². The Balaban J connectivity index is 1.66. The van der Waals surface area contributed by atoms with E-state index in [-0.39, 0.29) is 42.0 Å². The Morgan fingerprint density at radius 3 is 2.83 bits per heavy atom. The van der Waals surface area contributed by atoms with Gasteiger partial charge in [-0.1, -0.05) is 17.7 Å². The molecular formula is C18H15ClFN5O5. The number of carbonyl (C=O) groups excluding carboxylic acids is 2. The number of hydrogen-bond acceptors (Lipinski definition) is 6. The monoisotopic (exact) mass is 435 g/mol. The summed E-state index contributed by atoms with van der Waals surface area (Å²) in [6, 6.07) is 5.30. The number of pyridine rings is 2. The Morgan fingerprint density at radius 1 is 1.33 bits per heavy atom. The van der Waals surface area contributed by atoms with E-state index in [0.29, 0.717) is 11.3 Å². The van der Waals surface area contributed by atoms with Crippen LogP contribution in [0.5, 0.6) is 0 Å². The van der Waals surface area contributed by atoms with E-state index in [1.807, 2.05) is 0 Å². The Hall–Kier alpha value is -3.47. The fourth-order valence-corrected chi connectivity index (χ4v) is 3.59. The molecule has 1 saturated heterocycles. The lowest BCUT2D eigenvalue weighted by atomic mass is 10.1. The molecule has 0 aromatic carbocycles. The quantitative estimate of drug-likeness (QED) is 0.690. The maximum atomic E-state index is 13.2. The van der Waals surface area contributed by atoms with Gasteiger partial charge in [0.1, 0.15) is 36.1 Å². The smallest absolute Gasteiger partial charge is 0.416 e. The number of alkyl halides is 1. The van der Waals surface area contributed by atoms with Gasteiger partial charge in [0.05, 0.1) is 18.8 Å². The van der Waals surface area contributed by atoms with Crippen molar-refractivity contribution in [1.29, 1.82) is 0 Å². The summed E-state index contributed by atoms with van der Waals surface area (Å²) in [4.78, 5) is 46.7. The molecule has 10 nitrogen and oxygen atoms in total. The van der Waals surface area contributed by atoms with Crippen LogP contribution in [-0.2, 0) is 17.8 Å². The first-order chi connectivity index (χ1) is 14.4. The molecule has 0 aliphatic carbocycles. The van der Waals surface area contributed by atoms with Crippen molar-refractivity contribution in [3.63, 3.8) is 0 Å². The van der Waals surface area contributed by atoms with E-state index in [9.17, 15) is 18.8 Å². The van der Waals surface area contributed by atoms with Gasteiger partial charge in [0.25, 0.3) is 5.91 Å². The van der Waals surface area contributed by atoms with Gasteiger partial charge in [-0.2, -0.15) is 0 Å². The molecule has 0 radical (unpaired) electrons. The summed E-state index contributed by atoms with van der Waals surface area (Å²) in [5.74, 6) is -0.00818. The van der Waals surface area contributed by atoms with Gasteiger partial charge in [0, 0.05) is 11.1 Å². The zero-order valence-electron chi connectivity index (χ0n) is 15.3. The van der Waals surface area contributed by atoms with Crippen LogP contribution in [0, 0.1) is 0 Å². The van der Waals surface area contributed by atoms with Gasteiger partial charge in [-0.3, -0.25) is 14.6 Å². The summed E-state index contributed by atoms with van der Waals surface area (Å²) >= 11 is 6.00. The SMILES string of the molecule is O=C(O)NCc1nc(Cl)cc2c1CN(c1cccc(N3C(=O)OC[C@@H]3CF)n1)C2=O. The van der Waals surface area contributed by atoms with Crippen molar-refractivity contribution in [2.75, 3.05) is 23.1 Å². The second-order valence-corrected chi connectivity index (χ2v) is 6.96. The zero-order valence-corrected chi connectivity index (χ0v) is 16.1. The average Bonchev–Trinajstić information content (AvgIpc) is 3.26. The van der Waals surface area contributed by atoms with Crippen molar-refractivity contribution in [2.45, 2.75) is 19.1 Å². The van der Waals surface area contributed by atoms with Crippen LogP contribution in [0.3, 0.4) is 0 Å². The second-order valence-electron chi connectivity index (χ2n) is 6.58. The summed E-state index contributed by atoms with van der Waals surface area (Å²) in [6.07, 6.45) is -1.95. The van der Waals surface area contributed by atoms with Crippen LogP contribution in [0.2, 0.25) is 5.15 Å². The highest BCUT2D eigenvalue weighted by Gasteiger charge is 2.37. The van der Waals surface area contributed by atoms with Crippen molar-refractivity contribution < 1.29 is 28.6 Å². The molecule has 0 unspecified atom stereocenters. The third kappa shape index (κ3) is 3.47. The molecule has 2 aliphatic rings. The van der Waals surface area contributed by atoms with Gasteiger partial charge in [0.15, 0.2) is 0 Å². The van der Waals surface area contributed by atoms with E-state index in [1.165, 1.54) is 17.0 Å². The average molecular weight is 436 g/mol. The summed E-state index contributed by atoms with van der Waals surface area (Å²) in [5.41, 5.74) is 1.13. The highest BCUT2D eigenvalue weighted by molar-refractivity contribution is 6.30. The first-order valence-electron chi connectivity index (χ1n) is 8.85. The maximum absolute atomic E-state index is 13.2. The van der Waals surface area contributed by atoms with Crippen molar-refractivity contribution in [2.24, 2.45) is 0 Å². The number of nitrogens with zero attached hydrogens (tertiary/aromatic N) is 4. The molecule has 2 aliphatic heterocycles. The minimum Gasteiger partial charge on any atom is -0.465 e. The fourth-order valence-electron chi connectivity index (χ4n) is 3.37. The van der Waals surface area contributed by atoms with Crippen LogP contribution >= 0.6 is 11.6 Å². The Bertz CT molecular complexity index is 1050. The normalized spacial score (nSPS) is 17.9. The number of carbonyl (C=O) groups is 3. The molecule has 0 saturated carbocycles. The number of rotatable bonds is 5. The molecule has 1 atom stereocenters. The van der Waals surface area contributed by atoms with E-state index in [2.05, 4.69) is 15.3 Å². The van der Waals surface area contributed by atoms with E-state index in [0.717, 1.165) is 4.90 Å². The summed E-state index contributed by atoms with van der Waals surface area (Å²) in [6.45, 7) is -0.914. The molecule has 2 aromatic rings. The Morgan fingerprint density at radius 2 is 2.10 bits per heavy atom. The number of anilines is 2. The van der Waals surface area contributed by atoms with Gasteiger partial charge >= 0.3 is 12.2 Å². The van der Waals surface area contributed by atoms with Gasteiger partial charge in [-0.05, 0) is 18.2 Å². The molecule has 4 heterocycles. The number of carboxylic acid groups (broad SMARTS) is 1. The van der Waals surface area contributed by atoms with Crippen molar-refractivity contribution in [3.8, 4) is 0 Å². The van der Waals surface area contributed by atoms with Crippen LogP contribution in [-0.4, -0.2) is 52.5 Å². The zero-order chi connectivity index (χ0) is 21.4. The summed E-state index contributed by atoms with van der Waals surface area (Å²) in [7, 11) is 0. The molecule has 2 N–H and O–H groups in total. The highest BCUT2D eigenvalue weighted by Crippen LogP contribution is 2.32. The largest absolute Gasteiger partial charge is 0.465 e. The molecule has 30 heavy (non-hydrogen) atoms. The van der Waals surface area contributed by atoms with Gasteiger partial charge in [-0.15, -0.1) is 0 Å². The predicted octanol–water partition coefficient (Wildman–Crippen LogP) is 2.35. The minimum atomic E-state index is -1.24. The standard InChI is InChI=1S/C18H15ClFN5O5/c19-13-4-10-11(12(22-13)6-21-17(27)28)7-24(16(10)26)14-2-1-3-15(23-14)25-9(5-20)8-30-18(25)29/h1-4,9,21H,5-8H2,(H,27,28)/t9-/m0/s1. The van der Waals surface area contributed by atoms with Gasteiger partial charge in [0.2, 0.25) is 0 Å². The lowest BCUT2D eigenvalue weighted by Crippen LogP contribution is -2.36. The number of nitrogens with one attached hydrogen (secondary N) is 1. The third-order valence-corrected chi connectivity index (χ3v) is 4.95. The van der Waals surface area contributed by atoms with Crippen LogP contribution < -0.4 is 15.1 Å². The lowest BCUT2D eigenvalue weighted by Gasteiger charge is -2.21. The Kier molecular flexibility index (Phi) is 5.12. The molecule has 1 fully saturated rings. The second kappa shape index (κ2) is 7.75. The predicted molar refractivity (Wildman–Crippen MR) is 102 cm³/mol. The summed E-state index contributed by atoms with van der Waals surface area (Å²) in [5, 5.41) is 11.1. The van der Waals surface area contributed by atoms with Crippen LogP contribution in [0.1, 0.15) is 21.6 Å². The number of hydrogen-bond donors (Lipinski definition) is 2. The van der Waals surface area contributed by atoms with Crippen LogP contribution in [0.15, 0.2) is 24.3 Å². The van der Waals surface area contributed by atoms with E-state index in [1.54, 1.807) is 12.1 Å². The van der Waals surface area contributed by atoms with E-state index in [4.69, 9.17) is 21.4 Å². The minimum absolute atomic E-state index is 0.0541. The van der Waals surface area contributed by atoms with Crippen molar-refractivity contribution in [1.82, 2.24) is 15.3 Å². The topological polar surface area (TPSA) is 125 Å². The molecule has 12 heteroatoms. The lowest BCUT2D eigenvalue weighted by molar-refractivity contribution is 0.0995. The molecule has 4 rings (SSSR count). The summed E-state index contributed by atoms with van der Waals surface area (Å²) < 4.78 is 18.1. The number of aromatic nitrogens is 2. The van der Waals surface area contributed by atoms with Crippen LogP contribution in [0.25, 0.3) is 0 Å². The first kappa shape index (κ1) is 19.8. The number of fused-ring (bicyclic) bond motifs is 1. The Labute approximate surface area is 174 Å². The fraction of sp³-hybridized carbons (Fsp3) is 0.278. The molecule has 2 aromatic heterocycles. The first-order valence-corrected chi connectivity index (χ1v) is 9.22. The molecule has 3 amide bonds. The number of halogens is 2.